The van der Waals surface area contributed by atoms with E-state index in [9.17, 15) is 5.11 Å². The number of ether oxygens (including phenoxy) is 2. The van der Waals surface area contributed by atoms with Crippen LogP contribution < -0.4 is 9.47 Å². The van der Waals surface area contributed by atoms with Crippen LogP contribution in [0.5, 0.6) is 17.2 Å². The first-order chi connectivity index (χ1) is 6.65. The summed E-state index contributed by atoms with van der Waals surface area (Å²) in [5.41, 5.74) is 0.134. The Kier molecular flexibility index (Phi) is 3.20. The number of halogens is 1. The third-order valence-electron chi connectivity index (χ3n) is 1.71. The van der Waals surface area contributed by atoms with Crippen LogP contribution in [-0.2, 0) is 0 Å². The SMILES string of the molecule is COc1cc(C#N)c(O)c(Br)c1OC. The molecule has 1 aromatic rings. The van der Waals surface area contributed by atoms with E-state index in [-0.39, 0.29) is 11.3 Å². The highest BCUT2D eigenvalue weighted by atomic mass is 79.9. The molecule has 0 saturated heterocycles. The number of nitriles is 1. The minimum Gasteiger partial charge on any atom is -0.505 e. The molecule has 0 aliphatic heterocycles. The Bertz CT molecular complexity index is 398. The zero-order chi connectivity index (χ0) is 10.7. The largest absolute Gasteiger partial charge is 0.505 e. The molecular weight excluding hydrogens is 250 g/mol. The Hall–Kier alpha value is -1.41. The van der Waals surface area contributed by atoms with Crippen LogP contribution in [0.1, 0.15) is 5.56 Å². The van der Waals surface area contributed by atoms with Gasteiger partial charge in [0, 0.05) is 6.07 Å². The van der Waals surface area contributed by atoms with Crippen molar-refractivity contribution in [1.29, 1.82) is 5.26 Å². The Morgan fingerprint density at radius 3 is 2.50 bits per heavy atom. The first-order valence-electron chi connectivity index (χ1n) is 3.69. The quantitative estimate of drug-likeness (QED) is 0.881. The van der Waals surface area contributed by atoms with Crippen LogP contribution in [0.3, 0.4) is 0 Å². The number of rotatable bonds is 2. The number of nitrogens with zero attached hydrogens (tertiary/aromatic N) is 1. The molecule has 1 aromatic carbocycles. The van der Waals surface area contributed by atoms with Crippen LogP contribution in [0.4, 0.5) is 0 Å². The number of phenolic OH excluding ortho intramolecular Hbond substituents is 1. The molecule has 1 N–H and O–H groups in total. The summed E-state index contributed by atoms with van der Waals surface area (Å²) in [6.07, 6.45) is 0. The minimum atomic E-state index is -0.148. The molecule has 0 saturated carbocycles. The van der Waals surface area contributed by atoms with Crippen molar-refractivity contribution in [2.45, 2.75) is 0 Å². The fourth-order valence-electron chi connectivity index (χ4n) is 1.03. The van der Waals surface area contributed by atoms with E-state index in [0.29, 0.717) is 16.0 Å². The van der Waals surface area contributed by atoms with Gasteiger partial charge in [0.2, 0.25) is 0 Å². The molecule has 0 bridgehead atoms. The maximum absolute atomic E-state index is 9.52. The molecule has 0 fully saturated rings. The molecule has 1 rings (SSSR count). The first kappa shape index (κ1) is 10.7. The van der Waals surface area contributed by atoms with Crippen molar-refractivity contribution in [3.05, 3.63) is 16.1 Å². The van der Waals surface area contributed by atoms with Crippen molar-refractivity contribution < 1.29 is 14.6 Å². The number of methoxy groups -OCH3 is 2. The molecule has 0 amide bonds. The van der Waals surface area contributed by atoms with Gasteiger partial charge in [0.25, 0.3) is 0 Å². The van der Waals surface area contributed by atoms with Crippen LogP contribution in [-0.4, -0.2) is 19.3 Å². The lowest BCUT2D eigenvalue weighted by atomic mass is 10.2. The van der Waals surface area contributed by atoms with E-state index in [1.165, 1.54) is 20.3 Å². The first-order valence-corrected chi connectivity index (χ1v) is 4.48. The number of hydrogen-bond donors (Lipinski definition) is 1. The lowest BCUT2D eigenvalue weighted by Gasteiger charge is -2.11. The molecule has 4 nitrogen and oxygen atoms in total. The van der Waals surface area contributed by atoms with Gasteiger partial charge in [0.1, 0.15) is 10.5 Å². The third-order valence-corrected chi connectivity index (χ3v) is 2.44. The summed E-state index contributed by atoms with van der Waals surface area (Å²) in [5, 5.41) is 18.2. The Labute approximate surface area is 89.8 Å². The molecule has 0 aromatic heterocycles. The predicted molar refractivity (Wildman–Crippen MR) is 53.6 cm³/mol. The molecule has 0 aliphatic rings. The van der Waals surface area contributed by atoms with Crippen molar-refractivity contribution in [2.24, 2.45) is 0 Å². The van der Waals surface area contributed by atoms with Crippen molar-refractivity contribution in [3.63, 3.8) is 0 Å². The van der Waals surface area contributed by atoms with Gasteiger partial charge in [-0.3, -0.25) is 0 Å². The summed E-state index contributed by atoms with van der Waals surface area (Å²) in [6, 6.07) is 3.26. The zero-order valence-electron chi connectivity index (χ0n) is 7.67. The topological polar surface area (TPSA) is 62.5 Å². The summed E-state index contributed by atoms with van der Waals surface area (Å²) >= 11 is 3.12. The maximum Gasteiger partial charge on any atom is 0.178 e. The van der Waals surface area contributed by atoms with Crippen LogP contribution in [0, 0.1) is 11.3 Å². The average Bonchev–Trinajstić information content (AvgIpc) is 2.21. The van der Waals surface area contributed by atoms with Crippen molar-refractivity contribution in [2.75, 3.05) is 14.2 Å². The summed E-state index contributed by atoms with van der Waals surface area (Å²) < 4.78 is 10.3. The Morgan fingerprint density at radius 2 is 2.07 bits per heavy atom. The van der Waals surface area contributed by atoms with Gasteiger partial charge in [0.05, 0.1) is 19.8 Å². The van der Waals surface area contributed by atoms with Crippen LogP contribution in [0.2, 0.25) is 0 Å². The molecule has 5 heteroatoms. The predicted octanol–water partition coefficient (Wildman–Crippen LogP) is 2.04. The standard InChI is InChI=1S/C9H8BrNO3/c1-13-6-3-5(4-11)8(12)7(10)9(6)14-2/h3,12H,1-2H3. The molecule has 0 spiro atoms. The van der Waals surface area contributed by atoms with E-state index in [4.69, 9.17) is 14.7 Å². The Balaban J connectivity index is 3.48. The lowest BCUT2D eigenvalue weighted by Crippen LogP contribution is -1.93. The van der Waals surface area contributed by atoms with E-state index >= 15 is 0 Å². The van der Waals surface area contributed by atoms with Crippen LogP contribution in [0.15, 0.2) is 10.5 Å². The fraction of sp³-hybridized carbons (Fsp3) is 0.222. The second-order valence-corrected chi connectivity index (χ2v) is 3.23. The minimum absolute atomic E-state index is 0.134. The number of aromatic hydroxyl groups is 1. The molecule has 0 aliphatic carbocycles. The van der Waals surface area contributed by atoms with Gasteiger partial charge in [-0.2, -0.15) is 5.26 Å². The summed E-state index contributed by atoms with van der Waals surface area (Å²) in [4.78, 5) is 0. The highest BCUT2D eigenvalue weighted by molar-refractivity contribution is 9.10. The highest BCUT2D eigenvalue weighted by Crippen LogP contribution is 2.43. The average molecular weight is 258 g/mol. The van der Waals surface area contributed by atoms with Gasteiger partial charge >= 0.3 is 0 Å². The monoisotopic (exact) mass is 257 g/mol. The zero-order valence-corrected chi connectivity index (χ0v) is 9.25. The summed E-state index contributed by atoms with van der Waals surface area (Å²) in [5.74, 6) is 0.614. The number of benzene rings is 1. The Morgan fingerprint density at radius 1 is 1.43 bits per heavy atom. The number of hydrogen-bond acceptors (Lipinski definition) is 4. The van der Waals surface area contributed by atoms with Gasteiger partial charge in [-0.1, -0.05) is 0 Å². The highest BCUT2D eigenvalue weighted by Gasteiger charge is 2.16. The molecule has 0 unspecified atom stereocenters. The molecule has 0 heterocycles. The maximum atomic E-state index is 9.52. The van der Waals surface area contributed by atoms with E-state index in [0.717, 1.165) is 0 Å². The second kappa shape index (κ2) is 4.20. The van der Waals surface area contributed by atoms with Gasteiger partial charge in [-0.15, -0.1) is 0 Å². The molecule has 0 atom stereocenters. The van der Waals surface area contributed by atoms with Gasteiger partial charge in [-0.05, 0) is 15.9 Å². The molecular formula is C9H8BrNO3. The van der Waals surface area contributed by atoms with Crippen LogP contribution in [0.25, 0.3) is 0 Å². The van der Waals surface area contributed by atoms with Crippen LogP contribution >= 0.6 is 15.9 Å². The second-order valence-electron chi connectivity index (χ2n) is 2.43. The fourth-order valence-corrected chi connectivity index (χ4v) is 1.60. The molecule has 14 heavy (non-hydrogen) atoms. The smallest absolute Gasteiger partial charge is 0.178 e. The van der Waals surface area contributed by atoms with E-state index in [1.54, 1.807) is 0 Å². The van der Waals surface area contributed by atoms with E-state index < -0.39 is 0 Å². The number of phenols is 1. The summed E-state index contributed by atoms with van der Waals surface area (Å²) in [7, 11) is 2.91. The van der Waals surface area contributed by atoms with Gasteiger partial charge in [0.15, 0.2) is 17.2 Å². The van der Waals surface area contributed by atoms with E-state index in [2.05, 4.69) is 15.9 Å². The summed E-state index contributed by atoms with van der Waals surface area (Å²) in [6.45, 7) is 0. The van der Waals surface area contributed by atoms with Gasteiger partial charge < -0.3 is 14.6 Å². The van der Waals surface area contributed by atoms with Crippen molar-refractivity contribution >= 4 is 15.9 Å². The van der Waals surface area contributed by atoms with Crippen molar-refractivity contribution in [3.8, 4) is 23.3 Å². The van der Waals surface area contributed by atoms with Gasteiger partial charge in [-0.25, -0.2) is 0 Å². The molecule has 74 valence electrons. The van der Waals surface area contributed by atoms with E-state index in [1.807, 2.05) is 6.07 Å². The van der Waals surface area contributed by atoms with Crippen molar-refractivity contribution in [1.82, 2.24) is 0 Å². The lowest BCUT2D eigenvalue weighted by molar-refractivity contribution is 0.348. The third kappa shape index (κ3) is 1.61. The molecule has 0 radical (unpaired) electrons. The normalized spacial score (nSPS) is 9.29.